The van der Waals surface area contributed by atoms with Crippen LogP contribution in [-0.2, 0) is 16.3 Å². The van der Waals surface area contributed by atoms with Gasteiger partial charge in [0.25, 0.3) is 9.04 Å². The molecule has 3 aromatic rings. The van der Waals surface area contributed by atoms with Gasteiger partial charge in [0.05, 0.1) is 12.7 Å². The highest BCUT2D eigenvalue weighted by atomic mass is 28.3. The van der Waals surface area contributed by atoms with E-state index in [4.69, 9.17) is 18.6 Å². The molecule has 1 radical (unpaired) electrons. The highest BCUT2D eigenvalue weighted by Crippen LogP contribution is 2.44. The van der Waals surface area contributed by atoms with E-state index >= 15 is 0 Å². The molecule has 2 atom stereocenters. The highest BCUT2D eigenvalue weighted by molar-refractivity contribution is 6.80. The Balaban J connectivity index is 1.28. The maximum Gasteiger partial charge on any atom is 0.511 e. The van der Waals surface area contributed by atoms with Gasteiger partial charge in [-0.3, -0.25) is 0 Å². The number of rotatable bonds is 8. The van der Waals surface area contributed by atoms with Gasteiger partial charge >= 0.3 is 6.16 Å². The standard InChI is InChI=1S/C32H38NO6Si/c1-21-17-28(30(38-31(34)35)29-27(21)11-8-16-36-29)37-20-23-18-24(19-33-23)39-40(25-9-6-5-7-10-25)26-14-12-22(13-15-26)32(2,3)4/h5-7,9-10,12-15,17,23-24,33H,8,11,16,18-20H2,1-4H3,(H,34,35)/t23-,24+/m1/s1. The van der Waals surface area contributed by atoms with Crippen LogP contribution in [-0.4, -0.2) is 52.2 Å². The number of benzene rings is 3. The number of carboxylic acid groups (broad SMARTS) is 1. The number of hydrogen-bond donors (Lipinski definition) is 2. The molecule has 1 fully saturated rings. The average molecular weight is 561 g/mol. The molecule has 0 aromatic heterocycles. The van der Waals surface area contributed by atoms with Crippen LogP contribution in [0.3, 0.4) is 0 Å². The highest BCUT2D eigenvalue weighted by Gasteiger charge is 2.32. The Hall–Kier alpha value is -3.33. The Morgan fingerprint density at radius 1 is 1.10 bits per heavy atom. The number of nitrogens with one attached hydrogen (secondary N) is 1. The van der Waals surface area contributed by atoms with E-state index in [1.807, 2.05) is 19.1 Å². The molecular formula is C32H38NO6Si. The van der Waals surface area contributed by atoms with Crippen LogP contribution in [0.5, 0.6) is 17.2 Å². The van der Waals surface area contributed by atoms with Gasteiger partial charge in [0, 0.05) is 18.2 Å². The van der Waals surface area contributed by atoms with Crippen molar-refractivity contribution in [1.82, 2.24) is 5.32 Å². The molecule has 0 saturated carbocycles. The van der Waals surface area contributed by atoms with Crippen molar-refractivity contribution in [1.29, 1.82) is 0 Å². The summed E-state index contributed by atoms with van der Waals surface area (Å²) >= 11 is 0. The Bertz CT molecular complexity index is 1320. The fourth-order valence-corrected chi connectivity index (χ4v) is 7.41. The van der Waals surface area contributed by atoms with Crippen molar-refractivity contribution in [3.63, 3.8) is 0 Å². The van der Waals surface area contributed by atoms with E-state index in [0.29, 0.717) is 24.7 Å². The lowest BCUT2D eigenvalue weighted by Crippen LogP contribution is -2.47. The maximum atomic E-state index is 11.4. The fourth-order valence-electron chi connectivity index (χ4n) is 5.32. The quantitative estimate of drug-likeness (QED) is 0.237. The monoisotopic (exact) mass is 560 g/mol. The van der Waals surface area contributed by atoms with Gasteiger partial charge in [-0.15, -0.1) is 0 Å². The van der Waals surface area contributed by atoms with Crippen LogP contribution in [0.15, 0.2) is 60.7 Å². The van der Waals surface area contributed by atoms with E-state index in [-0.39, 0.29) is 23.3 Å². The molecule has 2 aliphatic rings. The van der Waals surface area contributed by atoms with E-state index in [1.54, 1.807) is 0 Å². The fraction of sp³-hybridized carbons (Fsp3) is 0.406. The Labute approximate surface area is 238 Å². The average Bonchev–Trinajstić information content (AvgIpc) is 3.40. The van der Waals surface area contributed by atoms with E-state index in [9.17, 15) is 9.90 Å². The first kappa shape index (κ1) is 28.2. The summed E-state index contributed by atoms with van der Waals surface area (Å²) in [6.07, 6.45) is 1.15. The van der Waals surface area contributed by atoms with Crippen molar-refractivity contribution in [3.8, 4) is 17.2 Å². The Kier molecular flexibility index (Phi) is 8.49. The summed E-state index contributed by atoms with van der Waals surface area (Å²) in [7, 11) is -1.45. The SMILES string of the molecule is Cc1cc(OC[C@H]2C[C@H](O[Si](c3ccccc3)c3ccc(C(C)(C)C)cc3)CN2)c(OC(=O)O)c2c1CCCO2. The summed E-state index contributed by atoms with van der Waals surface area (Å²) in [5, 5.41) is 15.3. The molecule has 8 heteroatoms. The Morgan fingerprint density at radius 3 is 2.52 bits per heavy atom. The number of carbonyl (C=O) groups is 1. The third kappa shape index (κ3) is 6.51. The third-order valence-corrected chi connectivity index (χ3v) is 9.77. The lowest BCUT2D eigenvalue weighted by molar-refractivity contribution is 0.138. The second-order valence-corrected chi connectivity index (χ2v) is 13.6. The molecule has 0 unspecified atom stereocenters. The van der Waals surface area contributed by atoms with E-state index in [2.05, 4.69) is 74.6 Å². The van der Waals surface area contributed by atoms with Crippen LogP contribution in [0.4, 0.5) is 4.79 Å². The summed E-state index contributed by atoms with van der Waals surface area (Å²) in [5.74, 6) is 1.02. The van der Waals surface area contributed by atoms with E-state index in [1.165, 1.54) is 15.9 Å². The summed E-state index contributed by atoms with van der Waals surface area (Å²) in [6, 6.07) is 21.3. The third-order valence-electron chi connectivity index (χ3n) is 7.49. The number of fused-ring (bicyclic) bond motifs is 1. The molecule has 1 saturated heterocycles. The molecular weight excluding hydrogens is 522 g/mol. The van der Waals surface area contributed by atoms with Crippen LogP contribution in [0.1, 0.15) is 50.3 Å². The molecule has 5 rings (SSSR count). The van der Waals surface area contributed by atoms with Crippen molar-refractivity contribution in [2.75, 3.05) is 19.8 Å². The van der Waals surface area contributed by atoms with Crippen LogP contribution in [0.25, 0.3) is 0 Å². The van der Waals surface area contributed by atoms with Crippen LogP contribution in [0, 0.1) is 6.92 Å². The van der Waals surface area contributed by atoms with Gasteiger partial charge in [0.15, 0.2) is 11.5 Å². The van der Waals surface area contributed by atoms with Gasteiger partial charge < -0.3 is 29.1 Å². The summed E-state index contributed by atoms with van der Waals surface area (Å²) in [6.45, 7) is 10.3. The number of aryl methyl sites for hydroxylation is 1. The van der Waals surface area contributed by atoms with Crippen molar-refractivity contribution >= 4 is 25.6 Å². The van der Waals surface area contributed by atoms with Crippen LogP contribution in [0.2, 0.25) is 0 Å². The van der Waals surface area contributed by atoms with E-state index in [0.717, 1.165) is 36.9 Å². The molecule has 0 aliphatic carbocycles. The molecule has 0 spiro atoms. The predicted molar refractivity (Wildman–Crippen MR) is 157 cm³/mol. The lowest BCUT2D eigenvalue weighted by atomic mass is 9.87. The van der Waals surface area contributed by atoms with Crippen molar-refractivity contribution in [2.24, 2.45) is 0 Å². The molecule has 211 valence electrons. The molecule has 0 amide bonds. The smallest absolute Gasteiger partial charge is 0.489 e. The first-order chi connectivity index (χ1) is 19.2. The molecule has 0 bridgehead atoms. The lowest BCUT2D eigenvalue weighted by Gasteiger charge is -2.24. The van der Waals surface area contributed by atoms with Gasteiger partial charge in [0.2, 0.25) is 5.75 Å². The van der Waals surface area contributed by atoms with Gasteiger partial charge in [-0.05, 0) is 59.2 Å². The molecule has 2 N–H and O–H groups in total. The normalized spacial score (nSPS) is 18.7. The van der Waals surface area contributed by atoms with Gasteiger partial charge in [-0.25, -0.2) is 4.79 Å². The van der Waals surface area contributed by atoms with Crippen molar-refractivity contribution < 1.29 is 28.5 Å². The molecule has 2 heterocycles. The second kappa shape index (κ2) is 12.0. The molecule has 2 aliphatic heterocycles. The van der Waals surface area contributed by atoms with Gasteiger partial charge in [0.1, 0.15) is 6.61 Å². The minimum absolute atomic E-state index is 0.0355. The number of ether oxygens (including phenoxy) is 3. The van der Waals surface area contributed by atoms with Crippen molar-refractivity contribution in [3.05, 3.63) is 77.4 Å². The second-order valence-electron chi connectivity index (χ2n) is 11.6. The first-order valence-electron chi connectivity index (χ1n) is 13.9. The minimum atomic E-state index is -1.45. The first-order valence-corrected chi connectivity index (χ1v) is 15.4. The van der Waals surface area contributed by atoms with Gasteiger partial charge in [-0.1, -0.05) is 75.4 Å². The van der Waals surface area contributed by atoms with Crippen LogP contribution < -0.4 is 29.9 Å². The molecule has 3 aromatic carbocycles. The molecule has 7 nitrogen and oxygen atoms in total. The summed E-state index contributed by atoms with van der Waals surface area (Å²) < 4.78 is 23.9. The summed E-state index contributed by atoms with van der Waals surface area (Å²) in [4.78, 5) is 11.4. The Morgan fingerprint density at radius 2 is 1.82 bits per heavy atom. The number of hydrogen-bond acceptors (Lipinski definition) is 6. The predicted octanol–water partition coefficient (Wildman–Crippen LogP) is 4.61. The van der Waals surface area contributed by atoms with Crippen LogP contribution >= 0.6 is 0 Å². The topological polar surface area (TPSA) is 86.2 Å². The zero-order valence-corrected chi connectivity index (χ0v) is 24.7. The summed E-state index contributed by atoms with van der Waals surface area (Å²) in [5.41, 5.74) is 3.39. The van der Waals surface area contributed by atoms with Crippen molar-refractivity contribution in [2.45, 2.75) is 64.5 Å². The zero-order valence-electron chi connectivity index (χ0n) is 23.7. The van der Waals surface area contributed by atoms with E-state index < -0.39 is 15.2 Å². The van der Waals surface area contributed by atoms with Gasteiger partial charge in [-0.2, -0.15) is 0 Å². The maximum absolute atomic E-state index is 11.4. The zero-order chi connectivity index (χ0) is 28.3. The minimum Gasteiger partial charge on any atom is -0.489 e. The molecule has 40 heavy (non-hydrogen) atoms. The largest absolute Gasteiger partial charge is 0.511 e.